The Morgan fingerprint density at radius 1 is 1.32 bits per heavy atom. The minimum atomic E-state index is -0.947. The van der Waals surface area contributed by atoms with E-state index in [9.17, 15) is 4.39 Å². The Bertz CT molecular complexity index is 444. The molecule has 0 saturated carbocycles. The van der Waals surface area contributed by atoms with E-state index in [-0.39, 0.29) is 5.82 Å². The van der Waals surface area contributed by atoms with Crippen LogP contribution in [0.25, 0.3) is 0 Å². The van der Waals surface area contributed by atoms with Crippen molar-refractivity contribution in [3.05, 3.63) is 46.4 Å². The van der Waals surface area contributed by atoms with Gasteiger partial charge in [0.1, 0.15) is 5.82 Å². The van der Waals surface area contributed by atoms with Crippen LogP contribution in [0.1, 0.15) is 18.4 Å². The van der Waals surface area contributed by atoms with Gasteiger partial charge in [-0.3, -0.25) is 0 Å². The van der Waals surface area contributed by atoms with Gasteiger partial charge in [-0.15, -0.1) is 0 Å². The summed E-state index contributed by atoms with van der Waals surface area (Å²) in [7, 11) is 4.67. The first-order valence-corrected chi connectivity index (χ1v) is 6.56. The second kappa shape index (κ2) is 7.03. The molecule has 0 aliphatic heterocycles. The second-order valence-corrected chi connectivity index (χ2v) is 4.89. The third kappa shape index (κ3) is 3.78. The molecule has 1 aromatic carbocycles. The summed E-state index contributed by atoms with van der Waals surface area (Å²) in [6.45, 7) is 3.77. The fourth-order valence-corrected chi connectivity index (χ4v) is 2.19. The van der Waals surface area contributed by atoms with Crippen LogP contribution in [0.2, 0.25) is 0 Å². The molecule has 0 atom stereocenters. The highest BCUT2D eigenvalue weighted by molar-refractivity contribution is 9.10. The summed E-state index contributed by atoms with van der Waals surface area (Å²) in [5.41, 5.74) is 0.731. The van der Waals surface area contributed by atoms with Crippen molar-refractivity contribution in [2.75, 3.05) is 21.3 Å². The van der Waals surface area contributed by atoms with Gasteiger partial charge in [-0.05, 0) is 28.1 Å². The van der Waals surface area contributed by atoms with Crippen molar-refractivity contribution in [1.29, 1.82) is 0 Å². The van der Waals surface area contributed by atoms with Crippen LogP contribution in [-0.4, -0.2) is 21.3 Å². The summed E-state index contributed by atoms with van der Waals surface area (Å²) >= 11 is 3.16. The Kier molecular flexibility index (Phi) is 5.97. The van der Waals surface area contributed by atoms with Gasteiger partial charge in [-0.2, -0.15) is 0 Å². The molecular formula is C14H18BrFO3. The van der Waals surface area contributed by atoms with Crippen LogP contribution in [0.3, 0.4) is 0 Å². The van der Waals surface area contributed by atoms with E-state index in [0.717, 1.165) is 5.56 Å². The minimum Gasteiger partial charge on any atom is -0.502 e. The largest absolute Gasteiger partial charge is 0.502 e. The van der Waals surface area contributed by atoms with E-state index < -0.39 is 5.79 Å². The van der Waals surface area contributed by atoms with Crippen LogP contribution in [0.15, 0.2) is 35.0 Å². The smallest absolute Gasteiger partial charge is 0.194 e. The molecule has 0 amide bonds. The van der Waals surface area contributed by atoms with E-state index in [4.69, 9.17) is 14.2 Å². The average molecular weight is 333 g/mol. The Hall–Kier alpha value is -0.910. The first kappa shape index (κ1) is 16.1. The van der Waals surface area contributed by atoms with Gasteiger partial charge >= 0.3 is 0 Å². The highest BCUT2D eigenvalue weighted by Gasteiger charge is 2.32. The first-order chi connectivity index (χ1) is 8.99. The molecule has 1 aromatic rings. The van der Waals surface area contributed by atoms with Crippen LogP contribution in [0, 0.1) is 5.82 Å². The molecule has 0 unspecified atom stereocenters. The first-order valence-electron chi connectivity index (χ1n) is 5.76. The van der Waals surface area contributed by atoms with Crippen molar-refractivity contribution in [1.82, 2.24) is 0 Å². The van der Waals surface area contributed by atoms with Gasteiger partial charge in [-0.1, -0.05) is 12.6 Å². The van der Waals surface area contributed by atoms with Crippen LogP contribution < -0.4 is 0 Å². The van der Waals surface area contributed by atoms with Crippen molar-refractivity contribution < 1.29 is 18.6 Å². The highest BCUT2D eigenvalue weighted by Crippen LogP contribution is 2.34. The van der Waals surface area contributed by atoms with E-state index in [1.807, 2.05) is 0 Å². The predicted octanol–water partition coefficient (Wildman–Crippen LogP) is 3.97. The Morgan fingerprint density at radius 2 is 1.95 bits per heavy atom. The molecule has 3 nitrogen and oxygen atoms in total. The number of hydrogen-bond acceptors (Lipinski definition) is 3. The van der Waals surface area contributed by atoms with Gasteiger partial charge in [-0.25, -0.2) is 4.39 Å². The number of halogens is 2. The molecule has 5 heteroatoms. The SMILES string of the molecule is C=C(CCC(OC)(OC)c1ccc(F)c(Br)c1)OC. The van der Waals surface area contributed by atoms with Crippen LogP contribution >= 0.6 is 15.9 Å². The lowest BCUT2D eigenvalue weighted by molar-refractivity contribution is -0.220. The fourth-order valence-electron chi connectivity index (χ4n) is 1.81. The van der Waals surface area contributed by atoms with Crippen molar-refractivity contribution in [2.24, 2.45) is 0 Å². The zero-order valence-corrected chi connectivity index (χ0v) is 12.9. The maximum absolute atomic E-state index is 13.3. The Balaban J connectivity index is 3.03. The molecule has 0 aromatic heterocycles. The quantitative estimate of drug-likeness (QED) is 0.558. The number of rotatable bonds is 7. The van der Waals surface area contributed by atoms with Gasteiger partial charge in [0, 0.05) is 32.6 Å². The molecule has 0 fully saturated rings. The molecule has 0 heterocycles. The molecule has 0 radical (unpaired) electrons. The summed E-state index contributed by atoms with van der Waals surface area (Å²) in [5, 5.41) is 0. The lowest BCUT2D eigenvalue weighted by Crippen LogP contribution is -2.31. The van der Waals surface area contributed by atoms with E-state index in [0.29, 0.717) is 23.1 Å². The van der Waals surface area contributed by atoms with Crippen molar-refractivity contribution >= 4 is 15.9 Å². The van der Waals surface area contributed by atoms with Crippen LogP contribution in [0.4, 0.5) is 4.39 Å². The molecule has 0 saturated heterocycles. The van der Waals surface area contributed by atoms with Crippen LogP contribution in [-0.2, 0) is 20.0 Å². The second-order valence-electron chi connectivity index (χ2n) is 4.03. The topological polar surface area (TPSA) is 27.7 Å². The van der Waals surface area contributed by atoms with E-state index in [1.165, 1.54) is 6.07 Å². The normalized spacial score (nSPS) is 11.4. The van der Waals surface area contributed by atoms with Gasteiger partial charge in [0.05, 0.1) is 17.3 Å². The minimum absolute atomic E-state index is 0.328. The average Bonchev–Trinajstić information content (AvgIpc) is 2.43. The number of allylic oxidation sites excluding steroid dienone is 1. The number of ether oxygens (including phenoxy) is 3. The molecule has 106 valence electrons. The zero-order valence-electron chi connectivity index (χ0n) is 11.3. The van der Waals surface area contributed by atoms with Crippen molar-refractivity contribution in [3.8, 4) is 0 Å². The molecular weight excluding hydrogens is 315 g/mol. The van der Waals surface area contributed by atoms with E-state index >= 15 is 0 Å². The van der Waals surface area contributed by atoms with Crippen molar-refractivity contribution in [3.63, 3.8) is 0 Å². The standard InChI is InChI=1S/C14H18BrFO3/c1-10(17-2)7-8-14(18-3,19-4)11-5-6-13(16)12(15)9-11/h5-6,9H,1,7-8H2,2-4H3. The maximum Gasteiger partial charge on any atom is 0.194 e. The third-order valence-corrected chi connectivity index (χ3v) is 3.65. The highest BCUT2D eigenvalue weighted by atomic mass is 79.9. The van der Waals surface area contributed by atoms with Crippen LogP contribution in [0.5, 0.6) is 0 Å². The van der Waals surface area contributed by atoms with E-state index in [1.54, 1.807) is 33.5 Å². The Labute approximate surface area is 121 Å². The summed E-state index contributed by atoms with van der Waals surface area (Å²) < 4.78 is 29.7. The maximum atomic E-state index is 13.3. The molecule has 1 rings (SSSR count). The molecule has 0 bridgehead atoms. The van der Waals surface area contributed by atoms with Gasteiger partial charge < -0.3 is 14.2 Å². The fraction of sp³-hybridized carbons (Fsp3) is 0.429. The third-order valence-electron chi connectivity index (χ3n) is 3.04. The molecule has 0 spiro atoms. The summed E-state index contributed by atoms with van der Waals surface area (Å²) in [6, 6.07) is 4.66. The lowest BCUT2D eigenvalue weighted by atomic mass is 10.00. The van der Waals surface area contributed by atoms with Gasteiger partial charge in [0.15, 0.2) is 5.79 Å². The zero-order chi connectivity index (χ0) is 14.5. The summed E-state index contributed by atoms with van der Waals surface area (Å²) in [6.07, 6.45) is 1.10. The predicted molar refractivity (Wildman–Crippen MR) is 75.2 cm³/mol. The number of methoxy groups -OCH3 is 3. The molecule has 19 heavy (non-hydrogen) atoms. The molecule has 0 aliphatic carbocycles. The Morgan fingerprint density at radius 3 is 2.42 bits per heavy atom. The number of benzene rings is 1. The molecule has 0 aliphatic rings. The van der Waals surface area contributed by atoms with Gasteiger partial charge in [0.25, 0.3) is 0 Å². The van der Waals surface area contributed by atoms with E-state index in [2.05, 4.69) is 22.5 Å². The molecule has 0 N–H and O–H groups in total. The summed E-state index contributed by atoms with van der Waals surface area (Å²) in [5.74, 6) is -0.636. The van der Waals surface area contributed by atoms with Crippen molar-refractivity contribution in [2.45, 2.75) is 18.6 Å². The lowest BCUT2D eigenvalue weighted by Gasteiger charge is -2.31. The monoisotopic (exact) mass is 332 g/mol. The summed E-state index contributed by atoms with van der Waals surface area (Å²) in [4.78, 5) is 0. The van der Waals surface area contributed by atoms with Gasteiger partial charge in [0.2, 0.25) is 0 Å². The number of hydrogen-bond donors (Lipinski definition) is 0.